The van der Waals surface area contributed by atoms with Crippen molar-refractivity contribution in [2.45, 2.75) is 44.6 Å². The topological polar surface area (TPSA) is 21.3 Å². The normalized spacial score (nSPS) is 27.4. The predicted molar refractivity (Wildman–Crippen MR) is 60.9 cm³/mol. The molecule has 0 aromatic heterocycles. The van der Waals surface area contributed by atoms with Gasteiger partial charge >= 0.3 is 0 Å². The predicted octanol–water partition coefficient (Wildman–Crippen LogP) is 2.41. The summed E-state index contributed by atoms with van der Waals surface area (Å²) >= 11 is 5.89. The molecule has 1 N–H and O–H groups in total. The zero-order valence-corrected chi connectivity index (χ0v) is 10.2. The average Bonchev–Trinajstić information content (AvgIpc) is 1.98. The van der Waals surface area contributed by atoms with Crippen LogP contribution < -0.4 is 5.32 Å². The van der Waals surface area contributed by atoms with Gasteiger partial charge in [-0.1, -0.05) is 0 Å². The molecule has 0 aliphatic heterocycles. The maximum absolute atomic E-state index is 5.89. The van der Waals surface area contributed by atoms with E-state index >= 15 is 0 Å². The van der Waals surface area contributed by atoms with Gasteiger partial charge < -0.3 is 10.1 Å². The molecule has 1 fully saturated rings. The van der Waals surface area contributed by atoms with Crippen LogP contribution in [0.5, 0.6) is 0 Å². The smallest absolute Gasteiger partial charge is 0.0599 e. The average molecular weight is 220 g/mol. The molecule has 0 aromatic rings. The highest BCUT2D eigenvalue weighted by Crippen LogP contribution is 2.30. The highest BCUT2D eigenvalue weighted by molar-refractivity contribution is 6.21. The van der Waals surface area contributed by atoms with Crippen molar-refractivity contribution in [3.05, 3.63) is 0 Å². The lowest BCUT2D eigenvalue weighted by molar-refractivity contribution is -0.00122. The number of halogens is 1. The van der Waals surface area contributed by atoms with Gasteiger partial charge in [0.25, 0.3) is 0 Å². The minimum Gasteiger partial charge on any atom is -0.375 e. The van der Waals surface area contributed by atoms with Crippen LogP contribution in [-0.4, -0.2) is 30.7 Å². The monoisotopic (exact) mass is 219 g/mol. The molecular weight excluding hydrogens is 198 g/mol. The molecule has 0 aromatic carbocycles. The van der Waals surface area contributed by atoms with Crippen LogP contribution in [-0.2, 0) is 4.74 Å². The van der Waals surface area contributed by atoms with Gasteiger partial charge in [-0.05, 0) is 46.1 Å². The van der Waals surface area contributed by atoms with Gasteiger partial charge in [0.1, 0.15) is 0 Å². The van der Waals surface area contributed by atoms with Gasteiger partial charge in [0, 0.05) is 11.9 Å². The minimum absolute atomic E-state index is 0.0145. The first-order chi connectivity index (χ1) is 6.47. The number of ether oxygens (including phenoxy) is 1. The van der Waals surface area contributed by atoms with Crippen molar-refractivity contribution in [2.24, 2.45) is 5.92 Å². The first-order valence-corrected chi connectivity index (χ1v) is 5.90. The van der Waals surface area contributed by atoms with E-state index in [1.54, 1.807) is 0 Å². The Labute approximate surface area is 92.3 Å². The molecule has 0 atom stereocenters. The third kappa shape index (κ3) is 5.18. The molecule has 1 saturated carbocycles. The van der Waals surface area contributed by atoms with Crippen LogP contribution in [0.3, 0.4) is 0 Å². The molecule has 14 heavy (non-hydrogen) atoms. The molecule has 0 heterocycles. The third-order valence-corrected chi connectivity index (χ3v) is 2.78. The Kier molecular flexibility index (Phi) is 4.68. The number of rotatable bonds is 5. The van der Waals surface area contributed by atoms with E-state index < -0.39 is 0 Å². The van der Waals surface area contributed by atoms with Crippen molar-refractivity contribution in [1.82, 2.24) is 5.32 Å². The lowest BCUT2D eigenvalue weighted by Gasteiger charge is -2.31. The van der Waals surface area contributed by atoms with E-state index in [4.69, 9.17) is 16.3 Å². The fraction of sp³-hybridized carbons (Fsp3) is 1.00. The maximum atomic E-state index is 5.89. The number of nitrogens with one attached hydrogen (secondary N) is 1. The molecule has 0 unspecified atom stereocenters. The van der Waals surface area contributed by atoms with Gasteiger partial charge in [-0.3, -0.25) is 0 Å². The van der Waals surface area contributed by atoms with Gasteiger partial charge in [0.2, 0.25) is 0 Å². The fourth-order valence-corrected chi connectivity index (χ4v) is 2.06. The first kappa shape index (κ1) is 12.3. The van der Waals surface area contributed by atoms with E-state index in [0.717, 1.165) is 25.6 Å². The van der Waals surface area contributed by atoms with Gasteiger partial charge in [0.05, 0.1) is 12.2 Å². The molecule has 0 spiro atoms. The van der Waals surface area contributed by atoms with E-state index in [-0.39, 0.29) is 5.60 Å². The van der Waals surface area contributed by atoms with Gasteiger partial charge in [-0.2, -0.15) is 0 Å². The van der Waals surface area contributed by atoms with Crippen LogP contribution in [0, 0.1) is 5.92 Å². The first-order valence-electron chi connectivity index (χ1n) is 5.46. The van der Waals surface area contributed by atoms with Crippen LogP contribution in [0.15, 0.2) is 0 Å². The molecular formula is C11H22ClNO. The molecule has 1 aliphatic carbocycles. The lowest BCUT2D eigenvalue weighted by atomic mass is 9.85. The van der Waals surface area contributed by atoms with Crippen molar-refractivity contribution in [1.29, 1.82) is 0 Å². The van der Waals surface area contributed by atoms with Gasteiger partial charge in [-0.25, -0.2) is 0 Å². The van der Waals surface area contributed by atoms with Crippen molar-refractivity contribution in [3.63, 3.8) is 0 Å². The summed E-state index contributed by atoms with van der Waals surface area (Å²) in [5, 5.41) is 3.83. The van der Waals surface area contributed by atoms with E-state index in [9.17, 15) is 0 Å². The van der Waals surface area contributed by atoms with Crippen molar-refractivity contribution >= 4 is 11.6 Å². The molecule has 0 radical (unpaired) electrons. The molecule has 1 rings (SSSR count). The molecule has 2 nitrogen and oxygen atoms in total. The molecule has 0 saturated heterocycles. The standard InChI is InChI=1S/C11H22ClNO/c1-11(2,3)14-5-4-13-8-9-6-10(12)7-9/h9-10,13H,4-8H2,1-3H3. The Morgan fingerprint density at radius 2 is 2.00 bits per heavy atom. The highest BCUT2D eigenvalue weighted by Gasteiger charge is 2.26. The van der Waals surface area contributed by atoms with Crippen molar-refractivity contribution in [2.75, 3.05) is 19.7 Å². The number of hydrogen-bond donors (Lipinski definition) is 1. The molecule has 0 amide bonds. The van der Waals surface area contributed by atoms with Crippen LogP contribution in [0.25, 0.3) is 0 Å². The van der Waals surface area contributed by atoms with Crippen LogP contribution in [0.2, 0.25) is 0 Å². The van der Waals surface area contributed by atoms with E-state index in [2.05, 4.69) is 26.1 Å². The summed E-state index contributed by atoms with van der Waals surface area (Å²) in [6.45, 7) is 9.07. The summed E-state index contributed by atoms with van der Waals surface area (Å²) in [4.78, 5) is 0. The van der Waals surface area contributed by atoms with E-state index in [0.29, 0.717) is 5.38 Å². The van der Waals surface area contributed by atoms with Crippen molar-refractivity contribution in [3.8, 4) is 0 Å². The van der Waals surface area contributed by atoms with Gasteiger partial charge in [0.15, 0.2) is 0 Å². The number of alkyl halides is 1. The largest absolute Gasteiger partial charge is 0.375 e. The Morgan fingerprint density at radius 3 is 2.50 bits per heavy atom. The molecule has 0 bridgehead atoms. The summed E-state index contributed by atoms with van der Waals surface area (Å²) in [5.41, 5.74) is -0.0145. The summed E-state index contributed by atoms with van der Waals surface area (Å²) < 4.78 is 5.60. The van der Waals surface area contributed by atoms with Gasteiger partial charge in [-0.15, -0.1) is 11.6 Å². The second kappa shape index (κ2) is 5.34. The Bertz CT molecular complexity index is 161. The highest BCUT2D eigenvalue weighted by atomic mass is 35.5. The molecule has 3 heteroatoms. The zero-order valence-electron chi connectivity index (χ0n) is 9.48. The fourth-order valence-electron chi connectivity index (χ4n) is 1.56. The minimum atomic E-state index is -0.0145. The SMILES string of the molecule is CC(C)(C)OCCNCC1CC(Cl)C1. The van der Waals surface area contributed by atoms with Crippen molar-refractivity contribution < 1.29 is 4.74 Å². The van der Waals surface area contributed by atoms with Crippen LogP contribution in [0.4, 0.5) is 0 Å². The summed E-state index contributed by atoms with van der Waals surface area (Å²) in [7, 11) is 0. The zero-order chi connectivity index (χ0) is 10.6. The summed E-state index contributed by atoms with van der Waals surface area (Å²) in [6.07, 6.45) is 2.35. The van der Waals surface area contributed by atoms with E-state index in [1.807, 2.05) is 0 Å². The Morgan fingerprint density at radius 1 is 1.36 bits per heavy atom. The Balaban J connectivity index is 1.85. The third-order valence-electron chi connectivity index (χ3n) is 2.43. The number of hydrogen-bond acceptors (Lipinski definition) is 2. The molecule has 1 aliphatic rings. The quantitative estimate of drug-likeness (QED) is 0.567. The Hall–Kier alpha value is 0.210. The van der Waals surface area contributed by atoms with Crippen LogP contribution >= 0.6 is 11.6 Å². The molecule has 84 valence electrons. The second-order valence-electron chi connectivity index (χ2n) is 5.10. The summed E-state index contributed by atoms with van der Waals surface area (Å²) in [6, 6.07) is 0. The van der Waals surface area contributed by atoms with E-state index in [1.165, 1.54) is 12.8 Å². The second-order valence-corrected chi connectivity index (χ2v) is 5.72. The summed E-state index contributed by atoms with van der Waals surface area (Å²) in [5.74, 6) is 0.798. The van der Waals surface area contributed by atoms with Crippen LogP contribution in [0.1, 0.15) is 33.6 Å². The maximum Gasteiger partial charge on any atom is 0.0599 e. The lowest BCUT2D eigenvalue weighted by Crippen LogP contribution is -2.35.